The minimum atomic E-state index is -0.737. The van der Waals surface area contributed by atoms with E-state index in [1.807, 2.05) is 59.5 Å². The zero-order chi connectivity index (χ0) is 27.0. The summed E-state index contributed by atoms with van der Waals surface area (Å²) < 4.78 is 5.39. The van der Waals surface area contributed by atoms with E-state index in [2.05, 4.69) is 17.1 Å². The fourth-order valence-electron chi connectivity index (χ4n) is 5.61. The molecule has 2 fully saturated rings. The normalized spacial score (nSPS) is 16.7. The number of hydrogen-bond acceptors (Lipinski definition) is 5. The minimum absolute atomic E-state index is 0.00943. The molecule has 0 unspecified atom stereocenters. The van der Waals surface area contributed by atoms with Crippen LogP contribution in [0.1, 0.15) is 51.0 Å². The van der Waals surface area contributed by atoms with Gasteiger partial charge in [0, 0.05) is 31.7 Å². The largest absolute Gasteiger partial charge is 0.496 e. The summed E-state index contributed by atoms with van der Waals surface area (Å²) in [5.41, 5.74) is 1.25. The highest BCUT2D eigenvalue weighted by molar-refractivity contribution is 5.96. The number of rotatable bonds is 11. The second-order valence-corrected chi connectivity index (χ2v) is 10.2. The molecule has 4 rings (SSSR count). The Morgan fingerprint density at radius 3 is 2.42 bits per heavy atom. The Hall–Kier alpha value is -3.55. The van der Waals surface area contributed by atoms with Crippen LogP contribution in [0.4, 0.5) is 5.69 Å². The van der Waals surface area contributed by atoms with Gasteiger partial charge >= 0.3 is 0 Å². The maximum absolute atomic E-state index is 13.9. The van der Waals surface area contributed by atoms with Gasteiger partial charge in [0.05, 0.1) is 13.8 Å². The topological polar surface area (TPSA) is 82.2 Å². The first-order valence-electron chi connectivity index (χ1n) is 13.8. The van der Waals surface area contributed by atoms with E-state index in [1.165, 1.54) is 0 Å². The second kappa shape index (κ2) is 12.8. The molecule has 2 aromatic carbocycles. The molecule has 1 N–H and O–H groups in total. The van der Waals surface area contributed by atoms with E-state index in [4.69, 9.17) is 4.74 Å². The molecule has 0 aliphatic carbocycles. The van der Waals surface area contributed by atoms with E-state index < -0.39 is 5.54 Å². The second-order valence-electron chi connectivity index (χ2n) is 10.2. The van der Waals surface area contributed by atoms with Crippen molar-refractivity contribution in [3.8, 4) is 5.75 Å². The number of hydrogen-bond donors (Lipinski definition) is 1. The molecule has 0 saturated carbocycles. The number of carbonyl (C=O) groups excluding carboxylic acids is 3. The summed E-state index contributed by atoms with van der Waals surface area (Å²) in [5.74, 6) is 0.768. The molecular formula is C30H40N4O4. The third-order valence-corrected chi connectivity index (χ3v) is 7.76. The van der Waals surface area contributed by atoms with E-state index in [0.717, 1.165) is 36.3 Å². The Kier molecular flexibility index (Phi) is 9.26. The molecule has 38 heavy (non-hydrogen) atoms. The molecular weight excluding hydrogens is 480 g/mol. The van der Waals surface area contributed by atoms with Gasteiger partial charge < -0.3 is 24.8 Å². The molecule has 0 bridgehead atoms. The summed E-state index contributed by atoms with van der Waals surface area (Å²) in [6, 6.07) is 17.7. The summed E-state index contributed by atoms with van der Waals surface area (Å²) >= 11 is 0. The predicted molar refractivity (Wildman–Crippen MR) is 148 cm³/mol. The molecule has 0 aromatic heterocycles. The summed E-state index contributed by atoms with van der Waals surface area (Å²) in [7, 11) is 1.64. The van der Waals surface area contributed by atoms with Crippen molar-refractivity contribution in [1.29, 1.82) is 0 Å². The molecule has 0 atom stereocenters. The van der Waals surface area contributed by atoms with Crippen molar-refractivity contribution in [2.45, 2.75) is 57.4 Å². The average Bonchev–Trinajstić information content (AvgIpc) is 3.20. The SMILES string of the molecule is CCCCCC(=O)N1CCC2(CC1)C(=O)N(CC(=O)NCCc1ccccc1OC)CN2c1ccccc1. The van der Waals surface area contributed by atoms with Gasteiger partial charge in [-0.1, -0.05) is 56.2 Å². The maximum Gasteiger partial charge on any atom is 0.250 e. The highest BCUT2D eigenvalue weighted by Crippen LogP contribution is 2.39. The van der Waals surface area contributed by atoms with Gasteiger partial charge in [0.1, 0.15) is 17.8 Å². The minimum Gasteiger partial charge on any atom is -0.496 e. The van der Waals surface area contributed by atoms with Crippen molar-refractivity contribution in [3.05, 3.63) is 60.2 Å². The van der Waals surface area contributed by atoms with Crippen molar-refractivity contribution >= 4 is 23.4 Å². The fourth-order valence-corrected chi connectivity index (χ4v) is 5.61. The third kappa shape index (κ3) is 6.11. The predicted octanol–water partition coefficient (Wildman–Crippen LogP) is 3.60. The number of benzene rings is 2. The lowest BCUT2D eigenvalue weighted by molar-refractivity contribution is -0.140. The quantitative estimate of drug-likeness (QED) is 0.458. The van der Waals surface area contributed by atoms with Crippen molar-refractivity contribution in [1.82, 2.24) is 15.1 Å². The van der Waals surface area contributed by atoms with Gasteiger partial charge in [0.15, 0.2) is 0 Å². The molecule has 2 aliphatic heterocycles. The van der Waals surface area contributed by atoms with Gasteiger partial charge in [-0.05, 0) is 49.4 Å². The van der Waals surface area contributed by atoms with Crippen LogP contribution in [0.2, 0.25) is 0 Å². The summed E-state index contributed by atoms with van der Waals surface area (Å²) in [6.07, 6.45) is 5.38. The smallest absolute Gasteiger partial charge is 0.250 e. The first-order valence-corrected chi connectivity index (χ1v) is 13.8. The Bertz CT molecular complexity index is 1100. The molecule has 2 saturated heterocycles. The molecule has 2 heterocycles. The monoisotopic (exact) mass is 520 g/mol. The zero-order valence-electron chi connectivity index (χ0n) is 22.7. The van der Waals surface area contributed by atoms with Gasteiger partial charge in [-0.2, -0.15) is 0 Å². The van der Waals surface area contributed by atoms with E-state index in [1.54, 1.807) is 12.0 Å². The van der Waals surface area contributed by atoms with Crippen LogP contribution in [0, 0.1) is 0 Å². The summed E-state index contributed by atoms with van der Waals surface area (Å²) in [5, 5.41) is 2.96. The number of nitrogens with one attached hydrogen (secondary N) is 1. The summed E-state index contributed by atoms with van der Waals surface area (Å²) in [4.78, 5) is 45.1. The van der Waals surface area contributed by atoms with E-state index in [9.17, 15) is 14.4 Å². The first kappa shape index (κ1) is 27.5. The lowest BCUT2D eigenvalue weighted by atomic mass is 9.85. The molecule has 1 spiro atoms. The van der Waals surface area contributed by atoms with Gasteiger partial charge in [-0.25, -0.2) is 0 Å². The maximum atomic E-state index is 13.9. The van der Waals surface area contributed by atoms with Crippen LogP contribution >= 0.6 is 0 Å². The van der Waals surface area contributed by atoms with E-state index in [0.29, 0.717) is 52.0 Å². The zero-order valence-corrected chi connectivity index (χ0v) is 22.7. The Morgan fingerprint density at radius 2 is 1.71 bits per heavy atom. The number of likely N-dealkylation sites (tertiary alicyclic amines) is 1. The van der Waals surface area contributed by atoms with Gasteiger partial charge in [0.25, 0.3) is 5.91 Å². The number of para-hydroxylation sites is 2. The number of amides is 3. The number of methoxy groups -OCH3 is 1. The average molecular weight is 521 g/mol. The van der Waals surface area contributed by atoms with Gasteiger partial charge in [-0.15, -0.1) is 0 Å². The van der Waals surface area contributed by atoms with Crippen molar-refractivity contribution < 1.29 is 19.1 Å². The van der Waals surface area contributed by atoms with E-state index >= 15 is 0 Å². The lowest BCUT2D eigenvalue weighted by Gasteiger charge is -2.43. The van der Waals surface area contributed by atoms with Crippen LogP contribution in [0.3, 0.4) is 0 Å². The number of unbranched alkanes of at least 4 members (excludes halogenated alkanes) is 2. The first-order chi connectivity index (χ1) is 18.5. The van der Waals surface area contributed by atoms with Crippen LogP contribution in [-0.2, 0) is 20.8 Å². The molecule has 2 aliphatic rings. The molecule has 8 heteroatoms. The number of ether oxygens (including phenoxy) is 1. The molecule has 2 aromatic rings. The Morgan fingerprint density at radius 1 is 1.00 bits per heavy atom. The van der Waals surface area contributed by atoms with Crippen molar-refractivity contribution in [2.24, 2.45) is 0 Å². The number of piperidine rings is 1. The molecule has 8 nitrogen and oxygen atoms in total. The van der Waals surface area contributed by atoms with Crippen LogP contribution in [0.5, 0.6) is 5.75 Å². The highest BCUT2D eigenvalue weighted by atomic mass is 16.5. The highest BCUT2D eigenvalue weighted by Gasteiger charge is 2.54. The lowest BCUT2D eigenvalue weighted by Crippen LogP contribution is -2.57. The van der Waals surface area contributed by atoms with Gasteiger partial charge in [-0.3, -0.25) is 14.4 Å². The Balaban J connectivity index is 1.40. The number of nitrogens with zero attached hydrogens (tertiary/aromatic N) is 3. The number of anilines is 1. The summed E-state index contributed by atoms with van der Waals surface area (Å²) in [6.45, 7) is 4.07. The van der Waals surface area contributed by atoms with Crippen molar-refractivity contribution in [3.63, 3.8) is 0 Å². The van der Waals surface area contributed by atoms with Gasteiger partial charge in [0.2, 0.25) is 11.8 Å². The van der Waals surface area contributed by atoms with E-state index in [-0.39, 0.29) is 24.3 Å². The standard InChI is InChI=1S/C30H40N4O4/c1-3-4-6-15-28(36)32-20-17-30(18-21-32)29(37)33(23-34(30)25-12-7-5-8-13-25)22-27(35)31-19-16-24-11-9-10-14-26(24)38-2/h5,7-14H,3-4,6,15-23H2,1-2H3,(H,31,35). The number of carbonyl (C=O) groups is 3. The van der Waals surface area contributed by atoms with Crippen LogP contribution in [0.15, 0.2) is 54.6 Å². The molecule has 3 amide bonds. The fraction of sp³-hybridized carbons (Fsp3) is 0.500. The van der Waals surface area contributed by atoms with Crippen LogP contribution in [0.25, 0.3) is 0 Å². The molecule has 204 valence electrons. The van der Waals surface area contributed by atoms with Crippen LogP contribution in [-0.4, -0.2) is 73.0 Å². The Labute approximate surface area is 225 Å². The molecule has 0 radical (unpaired) electrons. The van der Waals surface area contributed by atoms with Crippen LogP contribution < -0.4 is 15.0 Å². The third-order valence-electron chi connectivity index (χ3n) is 7.76. The van der Waals surface area contributed by atoms with Crippen molar-refractivity contribution in [2.75, 3.05) is 44.9 Å².